The Hall–Kier alpha value is -1.57. The lowest BCUT2D eigenvalue weighted by Gasteiger charge is -2.22. The fourth-order valence-corrected chi connectivity index (χ4v) is 4.17. The third kappa shape index (κ3) is 3.36. The molecule has 0 unspecified atom stereocenters. The van der Waals surface area contributed by atoms with Crippen LogP contribution in [0.25, 0.3) is 0 Å². The van der Waals surface area contributed by atoms with E-state index in [2.05, 4.69) is 10.4 Å². The maximum absolute atomic E-state index is 12.5. The maximum Gasteiger partial charge on any atom is 0.321 e. The Balaban J connectivity index is 2.15. The number of amides is 2. The summed E-state index contributed by atoms with van der Waals surface area (Å²) in [5, 5.41) is 7.27. The lowest BCUT2D eigenvalue weighted by Crippen LogP contribution is -2.37. The highest BCUT2D eigenvalue weighted by molar-refractivity contribution is 7.92. The number of carbonyl (C=O) groups excluding carboxylic acids is 1. The highest BCUT2D eigenvalue weighted by Crippen LogP contribution is 2.26. The highest BCUT2D eigenvalue weighted by atomic mass is 32.2. The van der Waals surface area contributed by atoms with Crippen LogP contribution in [0.3, 0.4) is 0 Å². The number of anilines is 1. The minimum atomic E-state index is -3.19. The SMILES string of the molecule is CCn1nc(C)c(NC(=O)N2CCC(C)(C)S(=O)(=O)CC2)c1C. The first-order valence-electron chi connectivity index (χ1n) is 7.91. The van der Waals surface area contributed by atoms with Crippen molar-refractivity contribution in [3.63, 3.8) is 0 Å². The summed E-state index contributed by atoms with van der Waals surface area (Å²) in [7, 11) is -3.19. The summed E-state index contributed by atoms with van der Waals surface area (Å²) in [5.74, 6) is -0.000391. The van der Waals surface area contributed by atoms with Gasteiger partial charge >= 0.3 is 6.03 Å². The van der Waals surface area contributed by atoms with E-state index in [1.54, 1.807) is 18.7 Å². The van der Waals surface area contributed by atoms with E-state index in [-0.39, 0.29) is 18.3 Å². The lowest BCUT2D eigenvalue weighted by molar-refractivity contribution is 0.214. The molecule has 0 radical (unpaired) electrons. The van der Waals surface area contributed by atoms with Gasteiger partial charge in [0, 0.05) is 19.6 Å². The van der Waals surface area contributed by atoms with Gasteiger partial charge in [-0.25, -0.2) is 13.2 Å². The Morgan fingerprint density at radius 3 is 2.52 bits per heavy atom. The van der Waals surface area contributed by atoms with E-state index < -0.39 is 14.6 Å². The molecule has 23 heavy (non-hydrogen) atoms. The number of nitrogens with zero attached hydrogens (tertiary/aromatic N) is 3. The Morgan fingerprint density at radius 2 is 1.96 bits per heavy atom. The van der Waals surface area contributed by atoms with E-state index in [1.807, 2.05) is 25.5 Å². The molecular formula is C15H26N4O3S. The predicted octanol–water partition coefficient (Wildman–Crippen LogP) is 1.95. The normalized spacial score (nSPS) is 20.1. The smallest absolute Gasteiger partial charge is 0.321 e. The van der Waals surface area contributed by atoms with Gasteiger partial charge in [-0.15, -0.1) is 0 Å². The molecule has 0 aliphatic carbocycles. The summed E-state index contributed by atoms with van der Waals surface area (Å²) in [6, 6.07) is -0.264. The van der Waals surface area contributed by atoms with Gasteiger partial charge in [-0.3, -0.25) is 4.68 Å². The number of sulfone groups is 1. The molecule has 1 saturated heterocycles. The molecule has 2 rings (SSSR count). The molecule has 8 heteroatoms. The molecule has 1 aromatic rings. The summed E-state index contributed by atoms with van der Waals surface area (Å²) >= 11 is 0. The topological polar surface area (TPSA) is 84.3 Å². The van der Waals surface area contributed by atoms with Crippen molar-refractivity contribution in [3.05, 3.63) is 11.4 Å². The van der Waals surface area contributed by atoms with Crippen LogP contribution in [0, 0.1) is 13.8 Å². The van der Waals surface area contributed by atoms with Crippen molar-refractivity contribution in [2.24, 2.45) is 0 Å². The molecule has 1 N–H and O–H groups in total. The van der Waals surface area contributed by atoms with Crippen molar-refractivity contribution in [2.75, 3.05) is 24.2 Å². The van der Waals surface area contributed by atoms with Crippen LogP contribution in [-0.4, -0.2) is 52.7 Å². The summed E-state index contributed by atoms with van der Waals surface area (Å²) in [6.07, 6.45) is 0.439. The predicted molar refractivity (Wildman–Crippen MR) is 90.4 cm³/mol. The number of nitrogens with one attached hydrogen (secondary N) is 1. The first-order chi connectivity index (χ1) is 10.6. The molecule has 0 aromatic carbocycles. The molecule has 1 fully saturated rings. The molecule has 2 heterocycles. The zero-order valence-electron chi connectivity index (χ0n) is 14.5. The van der Waals surface area contributed by atoms with Crippen LogP contribution in [0.2, 0.25) is 0 Å². The minimum absolute atomic E-state index is 0.000391. The standard InChI is InChI=1S/C15H26N4O3S/c1-6-19-12(3)13(11(2)17-19)16-14(20)18-8-7-15(4,5)23(21,22)10-9-18/h6-10H2,1-5H3,(H,16,20). The fraction of sp³-hybridized carbons (Fsp3) is 0.733. The quantitative estimate of drug-likeness (QED) is 0.890. The summed E-state index contributed by atoms with van der Waals surface area (Å²) in [4.78, 5) is 14.1. The van der Waals surface area contributed by atoms with Crippen molar-refractivity contribution >= 4 is 21.6 Å². The molecule has 1 aliphatic heterocycles. The second-order valence-corrected chi connectivity index (χ2v) is 9.35. The van der Waals surface area contributed by atoms with Gasteiger partial charge in [-0.1, -0.05) is 0 Å². The average molecular weight is 342 g/mol. The zero-order valence-corrected chi connectivity index (χ0v) is 15.3. The van der Waals surface area contributed by atoms with E-state index in [0.29, 0.717) is 18.7 Å². The monoisotopic (exact) mass is 342 g/mol. The van der Waals surface area contributed by atoms with E-state index in [1.165, 1.54) is 0 Å². The Morgan fingerprint density at radius 1 is 1.30 bits per heavy atom. The van der Waals surface area contributed by atoms with Gasteiger partial charge in [0.1, 0.15) is 0 Å². The number of aryl methyl sites for hydroxylation is 2. The summed E-state index contributed by atoms with van der Waals surface area (Å²) in [5.41, 5.74) is 2.38. The van der Waals surface area contributed by atoms with Gasteiger partial charge in [0.2, 0.25) is 0 Å². The van der Waals surface area contributed by atoms with E-state index in [4.69, 9.17) is 0 Å². The molecular weight excluding hydrogens is 316 g/mol. The van der Waals surface area contributed by atoms with Crippen LogP contribution in [0.4, 0.5) is 10.5 Å². The van der Waals surface area contributed by atoms with Crippen molar-refractivity contribution in [1.29, 1.82) is 0 Å². The van der Waals surface area contributed by atoms with E-state index >= 15 is 0 Å². The highest BCUT2D eigenvalue weighted by Gasteiger charge is 2.38. The van der Waals surface area contributed by atoms with Crippen molar-refractivity contribution in [2.45, 2.75) is 52.3 Å². The molecule has 0 atom stereocenters. The Kier molecular flexibility index (Phi) is 4.75. The fourth-order valence-electron chi connectivity index (χ4n) is 2.75. The van der Waals surface area contributed by atoms with E-state index in [0.717, 1.165) is 17.9 Å². The second-order valence-electron chi connectivity index (χ2n) is 6.61. The minimum Gasteiger partial charge on any atom is -0.323 e. The second kappa shape index (κ2) is 6.14. The van der Waals surface area contributed by atoms with Gasteiger partial charge in [0.15, 0.2) is 9.84 Å². The summed E-state index contributed by atoms with van der Waals surface area (Å²) in [6.45, 7) is 10.6. The molecule has 0 saturated carbocycles. The average Bonchev–Trinajstić information content (AvgIpc) is 2.67. The van der Waals surface area contributed by atoms with Crippen molar-refractivity contribution < 1.29 is 13.2 Å². The van der Waals surface area contributed by atoms with E-state index in [9.17, 15) is 13.2 Å². The Labute approximate surface area is 138 Å². The van der Waals surface area contributed by atoms with Crippen LogP contribution < -0.4 is 5.32 Å². The van der Waals surface area contributed by atoms with Crippen LogP contribution in [0.1, 0.15) is 38.6 Å². The van der Waals surface area contributed by atoms with Crippen molar-refractivity contribution in [3.8, 4) is 0 Å². The molecule has 130 valence electrons. The summed E-state index contributed by atoms with van der Waals surface area (Å²) < 4.78 is 25.5. The number of hydrogen-bond donors (Lipinski definition) is 1. The van der Waals surface area contributed by atoms with Crippen LogP contribution in [0.5, 0.6) is 0 Å². The third-order valence-corrected chi connectivity index (χ3v) is 7.26. The van der Waals surface area contributed by atoms with Crippen molar-refractivity contribution in [1.82, 2.24) is 14.7 Å². The largest absolute Gasteiger partial charge is 0.323 e. The number of aromatic nitrogens is 2. The van der Waals surface area contributed by atoms with Crippen LogP contribution in [0.15, 0.2) is 0 Å². The number of rotatable bonds is 2. The molecule has 1 aromatic heterocycles. The van der Waals surface area contributed by atoms with Crippen LogP contribution >= 0.6 is 0 Å². The molecule has 2 amide bonds. The molecule has 0 spiro atoms. The first-order valence-corrected chi connectivity index (χ1v) is 9.56. The van der Waals surface area contributed by atoms with Gasteiger partial charge in [0.25, 0.3) is 0 Å². The van der Waals surface area contributed by atoms with Gasteiger partial charge in [-0.05, 0) is 41.0 Å². The molecule has 7 nitrogen and oxygen atoms in total. The lowest BCUT2D eigenvalue weighted by atomic mass is 10.1. The maximum atomic E-state index is 12.5. The third-order valence-electron chi connectivity index (χ3n) is 4.66. The number of hydrogen-bond acceptors (Lipinski definition) is 4. The van der Waals surface area contributed by atoms with Gasteiger partial charge in [-0.2, -0.15) is 5.10 Å². The molecule has 0 bridgehead atoms. The Bertz CT molecular complexity index is 707. The number of urea groups is 1. The van der Waals surface area contributed by atoms with Gasteiger partial charge in [0.05, 0.1) is 27.6 Å². The number of carbonyl (C=O) groups is 1. The van der Waals surface area contributed by atoms with Crippen LogP contribution in [-0.2, 0) is 16.4 Å². The molecule has 1 aliphatic rings. The van der Waals surface area contributed by atoms with Gasteiger partial charge < -0.3 is 10.2 Å². The first kappa shape index (κ1) is 17.8. The zero-order chi connectivity index (χ0) is 17.4.